The Morgan fingerprint density at radius 2 is 1.84 bits per heavy atom. The highest BCUT2D eigenvalue weighted by Crippen LogP contribution is 2.34. The number of aromatic nitrogens is 3. The number of aryl methyl sites for hydroxylation is 1. The maximum Gasteiger partial charge on any atom is 0.230 e. The summed E-state index contributed by atoms with van der Waals surface area (Å²) in [6.07, 6.45) is 0. The average molecular weight is 453 g/mol. The topological polar surface area (TPSA) is 78.3 Å². The molecule has 1 unspecified atom stereocenters. The average Bonchev–Trinajstić information content (AvgIpc) is 3.15. The second kappa shape index (κ2) is 10.1. The maximum atomic E-state index is 12.8. The molecule has 3 aromatic rings. The van der Waals surface area contributed by atoms with Gasteiger partial charge >= 0.3 is 0 Å². The highest BCUT2D eigenvalue weighted by Gasteiger charge is 2.22. The molecular formula is C24H28N4O3S. The third-order valence-corrected chi connectivity index (χ3v) is 6.29. The van der Waals surface area contributed by atoms with E-state index in [1.165, 1.54) is 17.3 Å². The van der Waals surface area contributed by atoms with E-state index in [4.69, 9.17) is 9.47 Å². The molecule has 8 heteroatoms. The van der Waals surface area contributed by atoms with Crippen molar-refractivity contribution in [1.29, 1.82) is 0 Å². The fourth-order valence-corrected chi connectivity index (χ4v) is 4.44. The lowest BCUT2D eigenvalue weighted by atomic mass is 9.95. The third kappa shape index (κ3) is 5.24. The predicted octanol–water partition coefficient (Wildman–Crippen LogP) is 4.01. The molecule has 1 aliphatic rings. The molecule has 1 aliphatic heterocycles. The summed E-state index contributed by atoms with van der Waals surface area (Å²) >= 11 is 1.40. The van der Waals surface area contributed by atoms with Gasteiger partial charge in [-0.15, -0.1) is 10.2 Å². The zero-order valence-corrected chi connectivity index (χ0v) is 19.4. The van der Waals surface area contributed by atoms with Crippen LogP contribution < -0.4 is 14.8 Å². The first-order chi connectivity index (χ1) is 15.5. The first kappa shape index (κ1) is 22.2. The Morgan fingerprint density at radius 1 is 1.09 bits per heavy atom. The van der Waals surface area contributed by atoms with Gasteiger partial charge in [0.1, 0.15) is 19.0 Å². The Kier molecular flexibility index (Phi) is 6.99. The van der Waals surface area contributed by atoms with E-state index in [0.717, 1.165) is 28.0 Å². The molecule has 1 amide bonds. The van der Waals surface area contributed by atoms with E-state index < -0.39 is 0 Å². The van der Waals surface area contributed by atoms with E-state index in [9.17, 15) is 4.79 Å². The summed E-state index contributed by atoms with van der Waals surface area (Å²) in [5, 5.41) is 12.4. The molecule has 32 heavy (non-hydrogen) atoms. The Balaban J connectivity index is 1.41. The van der Waals surface area contributed by atoms with E-state index in [1.807, 2.05) is 47.9 Å². The minimum atomic E-state index is -0.122. The number of fused-ring (bicyclic) bond motifs is 1. The van der Waals surface area contributed by atoms with Gasteiger partial charge in [0.05, 0.1) is 18.3 Å². The van der Waals surface area contributed by atoms with Crippen LogP contribution in [-0.4, -0.2) is 39.6 Å². The van der Waals surface area contributed by atoms with Crippen molar-refractivity contribution in [3.05, 3.63) is 65.5 Å². The van der Waals surface area contributed by atoms with E-state index in [1.54, 1.807) is 0 Å². The van der Waals surface area contributed by atoms with Crippen molar-refractivity contribution in [3.63, 3.8) is 0 Å². The van der Waals surface area contributed by atoms with Crippen molar-refractivity contribution in [2.75, 3.05) is 19.0 Å². The summed E-state index contributed by atoms with van der Waals surface area (Å²) in [6.45, 7) is 7.88. The van der Waals surface area contributed by atoms with E-state index in [-0.39, 0.29) is 23.6 Å². The Labute approximate surface area is 192 Å². The molecule has 168 valence electrons. The lowest BCUT2D eigenvalue weighted by Gasteiger charge is -2.25. The maximum absolute atomic E-state index is 12.8. The standard InChI is InChI=1S/C24H28N4O3S/c1-16(2)23(19-9-10-20-21(13-19)31-12-11-30-20)25-22(29)15-32-24-27-26-17(3)28(24)14-18-7-5-4-6-8-18/h4-10,13,16,23H,11-12,14-15H2,1-3H3,(H,25,29). The van der Waals surface area contributed by atoms with Crippen LogP contribution in [0.1, 0.15) is 36.8 Å². The lowest BCUT2D eigenvalue weighted by molar-refractivity contribution is -0.119. The Bertz CT molecular complexity index is 1070. The van der Waals surface area contributed by atoms with Gasteiger partial charge in [-0.1, -0.05) is 62.0 Å². The van der Waals surface area contributed by atoms with E-state index >= 15 is 0 Å². The van der Waals surface area contributed by atoms with Gasteiger partial charge in [0, 0.05) is 0 Å². The van der Waals surface area contributed by atoms with E-state index in [2.05, 4.69) is 41.5 Å². The van der Waals surface area contributed by atoms with Gasteiger partial charge in [-0.05, 0) is 36.1 Å². The molecule has 0 saturated heterocycles. The highest BCUT2D eigenvalue weighted by atomic mass is 32.2. The quantitative estimate of drug-likeness (QED) is 0.520. The number of nitrogens with one attached hydrogen (secondary N) is 1. The molecule has 1 N–H and O–H groups in total. The molecule has 1 atom stereocenters. The molecule has 0 spiro atoms. The fourth-order valence-electron chi connectivity index (χ4n) is 3.65. The van der Waals surface area contributed by atoms with Crippen LogP contribution in [0.4, 0.5) is 0 Å². The molecular weight excluding hydrogens is 424 g/mol. The number of carbonyl (C=O) groups is 1. The summed E-state index contributed by atoms with van der Waals surface area (Å²) in [6, 6.07) is 15.9. The largest absolute Gasteiger partial charge is 0.486 e. The van der Waals surface area contributed by atoms with Crippen molar-refractivity contribution in [1.82, 2.24) is 20.1 Å². The van der Waals surface area contributed by atoms with Crippen molar-refractivity contribution < 1.29 is 14.3 Å². The van der Waals surface area contributed by atoms with Crippen LogP contribution in [-0.2, 0) is 11.3 Å². The van der Waals surface area contributed by atoms with Crippen LogP contribution in [0, 0.1) is 12.8 Å². The first-order valence-electron chi connectivity index (χ1n) is 10.8. The van der Waals surface area contributed by atoms with Crippen LogP contribution in [0.25, 0.3) is 0 Å². The Hall–Kier alpha value is -3.00. The number of carbonyl (C=O) groups excluding carboxylic acids is 1. The molecule has 0 radical (unpaired) electrons. The number of rotatable bonds is 8. The fraction of sp³-hybridized carbons (Fsp3) is 0.375. The van der Waals surface area contributed by atoms with Gasteiger partial charge < -0.3 is 19.4 Å². The predicted molar refractivity (Wildman–Crippen MR) is 124 cm³/mol. The van der Waals surface area contributed by atoms with Crippen LogP contribution in [0.2, 0.25) is 0 Å². The number of nitrogens with zero attached hydrogens (tertiary/aromatic N) is 3. The third-order valence-electron chi connectivity index (χ3n) is 5.33. The number of hydrogen-bond donors (Lipinski definition) is 1. The molecule has 0 saturated carbocycles. The molecule has 1 aromatic heterocycles. The van der Waals surface area contributed by atoms with Crippen LogP contribution in [0.15, 0.2) is 53.7 Å². The second-order valence-electron chi connectivity index (χ2n) is 8.08. The number of ether oxygens (including phenoxy) is 2. The van der Waals surface area contributed by atoms with Crippen molar-refractivity contribution in [2.45, 2.75) is 38.5 Å². The summed E-state index contributed by atoms with van der Waals surface area (Å²) < 4.78 is 13.4. The summed E-state index contributed by atoms with van der Waals surface area (Å²) in [5.74, 6) is 2.74. The van der Waals surface area contributed by atoms with Gasteiger partial charge in [-0.2, -0.15) is 0 Å². The van der Waals surface area contributed by atoms with Gasteiger partial charge in [0.2, 0.25) is 5.91 Å². The molecule has 0 bridgehead atoms. The van der Waals surface area contributed by atoms with Crippen LogP contribution in [0.3, 0.4) is 0 Å². The summed E-state index contributed by atoms with van der Waals surface area (Å²) in [4.78, 5) is 12.8. The molecule has 4 rings (SSSR count). The second-order valence-corrected chi connectivity index (χ2v) is 9.03. The van der Waals surface area contributed by atoms with E-state index in [0.29, 0.717) is 19.8 Å². The summed E-state index contributed by atoms with van der Waals surface area (Å²) in [5.41, 5.74) is 2.17. The van der Waals surface area contributed by atoms with Crippen molar-refractivity contribution >= 4 is 17.7 Å². The number of thioether (sulfide) groups is 1. The number of amides is 1. The zero-order chi connectivity index (χ0) is 22.5. The zero-order valence-electron chi connectivity index (χ0n) is 18.6. The minimum Gasteiger partial charge on any atom is -0.486 e. The highest BCUT2D eigenvalue weighted by molar-refractivity contribution is 7.99. The van der Waals surface area contributed by atoms with Gasteiger partial charge in [-0.3, -0.25) is 4.79 Å². The Morgan fingerprint density at radius 3 is 2.59 bits per heavy atom. The number of hydrogen-bond acceptors (Lipinski definition) is 6. The van der Waals surface area contributed by atoms with Gasteiger partial charge in [-0.25, -0.2) is 0 Å². The molecule has 7 nitrogen and oxygen atoms in total. The molecule has 2 heterocycles. The minimum absolute atomic E-state index is 0.0458. The molecule has 0 aliphatic carbocycles. The van der Waals surface area contributed by atoms with Crippen LogP contribution in [0.5, 0.6) is 11.5 Å². The van der Waals surface area contributed by atoms with Crippen molar-refractivity contribution in [3.8, 4) is 11.5 Å². The monoisotopic (exact) mass is 452 g/mol. The normalized spacial score (nSPS) is 13.8. The van der Waals surface area contributed by atoms with Gasteiger partial charge in [0.15, 0.2) is 16.7 Å². The SMILES string of the molecule is Cc1nnc(SCC(=O)NC(c2ccc3c(c2)OCCO3)C(C)C)n1Cc1ccccc1. The van der Waals surface area contributed by atoms with Gasteiger partial charge in [0.25, 0.3) is 0 Å². The molecule has 0 fully saturated rings. The lowest BCUT2D eigenvalue weighted by Crippen LogP contribution is -2.33. The summed E-state index contributed by atoms with van der Waals surface area (Å²) in [7, 11) is 0. The smallest absolute Gasteiger partial charge is 0.230 e. The van der Waals surface area contributed by atoms with Crippen molar-refractivity contribution in [2.24, 2.45) is 5.92 Å². The van der Waals surface area contributed by atoms with Crippen LogP contribution >= 0.6 is 11.8 Å². The number of benzene rings is 2. The molecule has 2 aromatic carbocycles. The first-order valence-corrected chi connectivity index (χ1v) is 11.7.